The maximum atomic E-state index is 11.9. The minimum absolute atomic E-state index is 0.0699. The van der Waals surface area contributed by atoms with Crippen LogP contribution in [0.15, 0.2) is 6.33 Å². The topological polar surface area (TPSA) is 124 Å². The van der Waals surface area contributed by atoms with Crippen LogP contribution < -0.4 is 16.4 Å². The van der Waals surface area contributed by atoms with Crippen LogP contribution in [0.25, 0.3) is 0 Å². The molecule has 96 valence electrons. The average molecular weight is 251 g/mol. The number of carbonyl (C=O) groups is 2. The SMILES string of the molecule is COC(=O)C1CC(=O)N(c2c(N)ncnc2N)C1. The summed E-state index contributed by atoms with van der Waals surface area (Å²) in [5, 5.41) is 0. The molecular weight excluding hydrogens is 238 g/mol. The molecule has 0 spiro atoms. The van der Waals surface area contributed by atoms with Gasteiger partial charge in [-0.15, -0.1) is 0 Å². The van der Waals surface area contributed by atoms with E-state index >= 15 is 0 Å². The molecule has 2 heterocycles. The summed E-state index contributed by atoms with van der Waals surface area (Å²) >= 11 is 0. The monoisotopic (exact) mass is 251 g/mol. The molecule has 1 aliphatic rings. The van der Waals surface area contributed by atoms with E-state index in [0.717, 1.165) is 0 Å². The van der Waals surface area contributed by atoms with Crippen molar-refractivity contribution in [2.45, 2.75) is 6.42 Å². The minimum Gasteiger partial charge on any atom is -0.469 e. The minimum atomic E-state index is -0.512. The van der Waals surface area contributed by atoms with E-state index < -0.39 is 11.9 Å². The van der Waals surface area contributed by atoms with Gasteiger partial charge in [0, 0.05) is 13.0 Å². The number of rotatable bonds is 2. The zero-order valence-electron chi connectivity index (χ0n) is 9.79. The van der Waals surface area contributed by atoms with Crippen LogP contribution in [0.3, 0.4) is 0 Å². The molecule has 2 rings (SSSR count). The fraction of sp³-hybridized carbons (Fsp3) is 0.400. The molecule has 1 saturated heterocycles. The number of nitrogen functional groups attached to an aromatic ring is 2. The molecule has 1 atom stereocenters. The number of carbonyl (C=O) groups excluding carboxylic acids is 2. The van der Waals surface area contributed by atoms with Crippen LogP contribution in [0.1, 0.15) is 6.42 Å². The van der Waals surface area contributed by atoms with E-state index in [1.165, 1.54) is 18.3 Å². The van der Waals surface area contributed by atoms with Crippen molar-refractivity contribution in [3.8, 4) is 0 Å². The van der Waals surface area contributed by atoms with E-state index in [1.807, 2.05) is 0 Å². The number of esters is 1. The molecule has 18 heavy (non-hydrogen) atoms. The number of hydrogen-bond donors (Lipinski definition) is 2. The van der Waals surface area contributed by atoms with Crippen molar-refractivity contribution in [2.24, 2.45) is 5.92 Å². The Hall–Kier alpha value is -2.38. The molecule has 4 N–H and O–H groups in total. The molecule has 1 aromatic heterocycles. The first-order valence-electron chi connectivity index (χ1n) is 5.28. The third-order valence-corrected chi connectivity index (χ3v) is 2.81. The van der Waals surface area contributed by atoms with Crippen LogP contribution in [0.2, 0.25) is 0 Å². The first kappa shape index (κ1) is 12.1. The zero-order chi connectivity index (χ0) is 13.3. The van der Waals surface area contributed by atoms with Crippen LogP contribution >= 0.6 is 0 Å². The Kier molecular flexibility index (Phi) is 3.00. The summed E-state index contributed by atoms with van der Waals surface area (Å²) < 4.78 is 4.62. The number of ether oxygens (including phenoxy) is 1. The molecule has 0 aliphatic carbocycles. The van der Waals surface area contributed by atoms with Crippen molar-refractivity contribution in [3.63, 3.8) is 0 Å². The highest BCUT2D eigenvalue weighted by Crippen LogP contribution is 2.32. The zero-order valence-corrected chi connectivity index (χ0v) is 9.79. The van der Waals surface area contributed by atoms with E-state index in [4.69, 9.17) is 11.5 Å². The second-order valence-corrected chi connectivity index (χ2v) is 3.92. The van der Waals surface area contributed by atoms with Crippen molar-refractivity contribution in [3.05, 3.63) is 6.33 Å². The predicted molar refractivity (Wildman–Crippen MR) is 63.3 cm³/mol. The summed E-state index contributed by atoms with van der Waals surface area (Å²) in [7, 11) is 1.28. The summed E-state index contributed by atoms with van der Waals surface area (Å²) in [5.41, 5.74) is 11.6. The van der Waals surface area contributed by atoms with Gasteiger partial charge in [-0.05, 0) is 0 Å². The first-order chi connectivity index (χ1) is 8.54. The summed E-state index contributed by atoms with van der Waals surface area (Å²) in [5.74, 6) is -0.970. The summed E-state index contributed by atoms with van der Waals surface area (Å²) in [6, 6.07) is 0. The highest BCUT2D eigenvalue weighted by molar-refractivity contribution is 6.03. The number of aromatic nitrogens is 2. The normalized spacial score (nSPS) is 19.1. The Morgan fingerprint density at radius 1 is 1.44 bits per heavy atom. The van der Waals surface area contributed by atoms with Gasteiger partial charge in [-0.1, -0.05) is 0 Å². The van der Waals surface area contributed by atoms with E-state index in [0.29, 0.717) is 0 Å². The Balaban J connectivity index is 2.30. The van der Waals surface area contributed by atoms with Gasteiger partial charge in [-0.25, -0.2) is 9.97 Å². The van der Waals surface area contributed by atoms with E-state index in [2.05, 4.69) is 14.7 Å². The number of nitrogens with two attached hydrogens (primary N) is 2. The van der Waals surface area contributed by atoms with E-state index in [1.54, 1.807) is 0 Å². The van der Waals surface area contributed by atoms with Crippen LogP contribution in [-0.4, -0.2) is 35.5 Å². The van der Waals surface area contributed by atoms with Gasteiger partial charge in [0.25, 0.3) is 0 Å². The van der Waals surface area contributed by atoms with Gasteiger partial charge >= 0.3 is 5.97 Å². The third kappa shape index (κ3) is 1.92. The van der Waals surface area contributed by atoms with Gasteiger partial charge in [0.05, 0.1) is 13.0 Å². The fourth-order valence-electron chi connectivity index (χ4n) is 1.93. The molecule has 1 amide bonds. The van der Waals surface area contributed by atoms with Gasteiger partial charge < -0.3 is 21.1 Å². The molecule has 1 fully saturated rings. The summed E-state index contributed by atoms with van der Waals surface area (Å²) in [4.78, 5) is 32.2. The molecule has 1 aromatic rings. The molecule has 8 nitrogen and oxygen atoms in total. The van der Waals surface area contributed by atoms with E-state index in [-0.39, 0.29) is 36.2 Å². The maximum Gasteiger partial charge on any atom is 0.311 e. The lowest BCUT2D eigenvalue weighted by atomic mass is 10.1. The Morgan fingerprint density at radius 3 is 2.61 bits per heavy atom. The van der Waals surface area contributed by atoms with Crippen molar-refractivity contribution >= 4 is 29.2 Å². The molecule has 0 bridgehead atoms. The molecule has 1 unspecified atom stereocenters. The molecule has 0 aromatic carbocycles. The quantitative estimate of drug-likeness (QED) is 0.657. The molecule has 8 heteroatoms. The highest BCUT2D eigenvalue weighted by atomic mass is 16.5. The second-order valence-electron chi connectivity index (χ2n) is 3.92. The van der Waals surface area contributed by atoms with E-state index in [9.17, 15) is 9.59 Å². The maximum absolute atomic E-state index is 11.9. The van der Waals surface area contributed by atoms with Gasteiger partial charge in [0.1, 0.15) is 12.0 Å². The number of anilines is 3. The Bertz CT molecular complexity index is 484. The first-order valence-corrected chi connectivity index (χ1v) is 5.28. The molecule has 1 aliphatic heterocycles. The van der Waals surface area contributed by atoms with Crippen molar-refractivity contribution in [2.75, 3.05) is 30.0 Å². The molecule has 0 saturated carbocycles. The number of methoxy groups -OCH3 is 1. The lowest BCUT2D eigenvalue weighted by molar-refractivity contribution is -0.145. The lowest BCUT2D eigenvalue weighted by Gasteiger charge is -2.18. The number of nitrogens with zero attached hydrogens (tertiary/aromatic N) is 3. The van der Waals surface area contributed by atoms with Crippen molar-refractivity contribution in [1.29, 1.82) is 0 Å². The van der Waals surface area contributed by atoms with Gasteiger partial charge in [0.15, 0.2) is 11.6 Å². The standard InChI is InChI=1S/C10H13N5O3/c1-18-10(17)5-2-6(16)15(3-5)7-8(11)13-4-14-9(7)12/h4-5H,2-3H2,1H3,(H4,11,12,13,14). The number of amides is 1. The van der Waals surface area contributed by atoms with Crippen LogP contribution in [0.4, 0.5) is 17.3 Å². The lowest BCUT2D eigenvalue weighted by Crippen LogP contribution is -2.28. The predicted octanol–water partition coefficient (Wildman–Crippen LogP) is -0.833. The van der Waals surface area contributed by atoms with Gasteiger partial charge in [-0.3, -0.25) is 9.59 Å². The Morgan fingerprint density at radius 2 is 2.06 bits per heavy atom. The average Bonchev–Trinajstić information content (AvgIpc) is 2.70. The van der Waals surface area contributed by atoms with Crippen LogP contribution in [0, 0.1) is 5.92 Å². The molecular formula is C10H13N5O3. The van der Waals surface area contributed by atoms with Crippen molar-refractivity contribution < 1.29 is 14.3 Å². The Labute approximate surface area is 103 Å². The summed E-state index contributed by atoms with van der Waals surface area (Å²) in [6.45, 7) is 0.174. The number of hydrogen-bond acceptors (Lipinski definition) is 7. The smallest absolute Gasteiger partial charge is 0.311 e. The van der Waals surface area contributed by atoms with Gasteiger partial charge in [-0.2, -0.15) is 0 Å². The van der Waals surface area contributed by atoms with Crippen molar-refractivity contribution in [1.82, 2.24) is 9.97 Å². The molecule has 0 radical (unpaired) electrons. The van der Waals surface area contributed by atoms with Gasteiger partial charge in [0.2, 0.25) is 5.91 Å². The second kappa shape index (κ2) is 4.47. The fourth-order valence-corrected chi connectivity index (χ4v) is 1.93. The van der Waals surface area contributed by atoms with Crippen LogP contribution in [0.5, 0.6) is 0 Å². The highest BCUT2D eigenvalue weighted by Gasteiger charge is 2.37. The largest absolute Gasteiger partial charge is 0.469 e. The summed E-state index contributed by atoms with van der Waals surface area (Å²) in [6.07, 6.45) is 1.28. The third-order valence-electron chi connectivity index (χ3n) is 2.81. The van der Waals surface area contributed by atoms with Crippen LogP contribution in [-0.2, 0) is 14.3 Å².